The smallest absolute Gasteiger partial charge is 0.356 e. The first-order valence-electron chi connectivity index (χ1n) is 8.39. The summed E-state index contributed by atoms with van der Waals surface area (Å²) in [5.74, 6) is 0.905. The molecule has 2 aromatic rings. The number of Topliss-reactive ketones (excluding diaryl/α,β-unsaturated/α-hetero) is 1. The Kier molecular flexibility index (Phi) is 3.92. The fourth-order valence-electron chi connectivity index (χ4n) is 3.30. The molecule has 1 heterocycles. The molecule has 0 radical (unpaired) electrons. The molecule has 0 saturated heterocycles. The van der Waals surface area contributed by atoms with E-state index in [4.69, 9.17) is 14.2 Å². The van der Waals surface area contributed by atoms with Gasteiger partial charge in [-0.3, -0.25) is 4.79 Å². The molecule has 128 valence electrons. The van der Waals surface area contributed by atoms with Gasteiger partial charge in [0.2, 0.25) is 6.10 Å². The van der Waals surface area contributed by atoms with E-state index >= 15 is 0 Å². The summed E-state index contributed by atoms with van der Waals surface area (Å²) in [6, 6.07) is 10.7. The summed E-state index contributed by atoms with van der Waals surface area (Å²) in [6.45, 7) is 2.05. The van der Waals surface area contributed by atoms with Crippen LogP contribution in [-0.4, -0.2) is 24.5 Å². The first kappa shape index (κ1) is 15.7. The molecule has 0 amide bonds. The molecular weight excluding hydrogens is 320 g/mol. The molecule has 1 atom stereocenters. The van der Waals surface area contributed by atoms with Gasteiger partial charge in [-0.25, -0.2) is 4.79 Å². The number of esters is 1. The molecule has 1 aliphatic heterocycles. The molecule has 1 aliphatic carbocycles. The highest BCUT2D eigenvalue weighted by atomic mass is 16.6. The van der Waals surface area contributed by atoms with Crippen LogP contribution in [0.3, 0.4) is 0 Å². The van der Waals surface area contributed by atoms with Crippen LogP contribution in [0.4, 0.5) is 0 Å². The number of carbonyl (C=O) groups is 2. The zero-order chi connectivity index (χ0) is 17.4. The van der Waals surface area contributed by atoms with Crippen LogP contribution in [-0.2, 0) is 11.2 Å². The lowest BCUT2D eigenvalue weighted by Gasteiger charge is -2.26. The summed E-state index contributed by atoms with van der Waals surface area (Å²) in [7, 11) is 0. The summed E-state index contributed by atoms with van der Waals surface area (Å²) < 4.78 is 16.8. The average Bonchev–Trinajstić information content (AvgIpc) is 2.64. The third kappa shape index (κ3) is 2.86. The molecule has 0 spiro atoms. The van der Waals surface area contributed by atoms with Crippen molar-refractivity contribution in [2.75, 3.05) is 6.61 Å². The summed E-state index contributed by atoms with van der Waals surface area (Å²) in [4.78, 5) is 24.8. The molecule has 25 heavy (non-hydrogen) atoms. The zero-order valence-electron chi connectivity index (χ0n) is 13.9. The molecule has 0 fully saturated rings. The molecule has 0 saturated carbocycles. The van der Waals surface area contributed by atoms with Crippen LogP contribution in [0.2, 0.25) is 0 Å². The summed E-state index contributed by atoms with van der Waals surface area (Å²) in [6.07, 6.45) is 1.29. The second-order valence-electron chi connectivity index (χ2n) is 6.30. The highest BCUT2D eigenvalue weighted by molar-refractivity contribution is 6.02. The highest BCUT2D eigenvalue weighted by Gasteiger charge is 2.31. The van der Waals surface area contributed by atoms with Crippen molar-refractivity contribution < 1.29 is 23.8 Å². The van der Waals surface area contributed by atoms with Crippen molar-refractivity contribution in [2.24, 2.45) is 0 Å². The maximum Gasteiger partial charge on any atom is 0.356 e. The van der Waals surface area contributed by atoms with Crippen LogP contribution in [0.15, 0.2) is 36.4 Å². The number of benzene rings is 2. The molecular formula is C20H18O5. The second-order valence-corrected chi connectivity index (χ2v) is 6.30. The summed E-state index contributed by atoms with van der Waals surface area (Å²) in [5, 5.41) is 0. The van der Waals surface area contributed by atoms with Gasteiger partial charge in [0, 0.05) is 6.42 Å². The summed E-state index contributed by atoms with van der Waals surface area (Å²) in [5.41, 5.74) is 2.57. The monoisotopic (exact) mass is 338 g/mol. The van der Waals surface area contributed by atoms with Crippen molar-refractivity contribution in [3.8, 4) is 17.2 Å². The SMILES string of the molecule is Cc1ccc(OC(=O)[C@@H]2COc3ccccc3O2)c2c1CCCC2=O. The van der Waals surface area contributed by atoms with Crippen LogP contribution < -0.4 is 14.2 Å². The van der Waals surface area contributed by atoms with E-state index < -0.39 is 12.1 Å². The number of fused-ring (bicyclic) bond motifs is 2. The molecule has 2 aromatic carbocycles. The number of rotatable bonds is 2. The van der Waals surface area contributed by atoms with Gasteiger partial charge in [-0.05, 0) is 49.1 Å². The highest BCUT2D eigenvalue weighted by Crippen LogP contribution is 2.34. The minimum atomic E-state index is -0.856. The average molecular weight is 338 g/mol. The third-order valence-corrected chi connectivity index (χ3v) is 4.60. The molecule has 0 bridgehead atoms. The molecule has 4 rings (SSSR count). The van der Waals surface area contributed by atoms with E-state index in [-0.39, 0.29) is 12.4 Å². The Morgan fingerprint density at radius 2 is 1.92 bits per heavy atom. The molecule has 5 nitrogen and oxygen atoms in total. The number of ether oxygens (including phenoxy) is 3. The Labute approximate surface area is 145 Å². The van der Waals surface area contributed by atoms with Gasteiger partial charge in [-0.1, -0.05) is 18.2 Å². The normalized spacial score (nSPS) is 18.4. The van der Waals surface area contributed by atoms with E-state index in [2.05, 4.69) is 0 Å². The van der Waals surface area contributed by atoms with Crippen LogP contribution in [0, 0.1) is 6.92 Å². The van der Waals surface area contributed by atoms with E-state index in [0.29, 0.717) is 29.2 Å². The van der Waals surface area contributed by atoms with E-state index in [1.807, 2.05) is 25.1 Å². The number of para-hydroxylation sites is 2. The lowest BCUT2D eigenvalue weighted by Crippen LogP contribution is -2.39. The predicted octanol–water partition coefficient (Wildman–Crippen LogP) is 3.26. The fraction of sp³-hybridized carbons (Fsp3) is 0.300. The number of ketones is 1. The Morgan fingerprint density at radius 1 is 1.12 bits per heavy atom. The minimum Gasteiger partial charge on any atom is -0.485 e. The number of hydrogen-bond acceptors (Lipinski definition) is 5. The fourth-order valence-corrected chi connectivity index (χ4v) is 3.30. The van der Waals surface area contributed by atoms with E-state index in [0.717, 1.165) is 24.0 Å². The molecule has 2 aliphatic rings. The zero-order valence-corrected chi connectivity index (χ0v) is 13.9. The van der Waals surface area contributed by atoms with Crippen molar-refractivity contribution in [1.82, 2.24) is 0 Å². The topological polar surface area (TPSA) is 61.8 Å². The van der Waals surface area contributed by atoms with Crippen molar-refractivity contribution >= 4 is 11.8 Å². The number of hydrogen-bond donors (Lipinski definition) is 0. The van der Waals surface area contributed by atoms with Gasteiger partial charge in [-0.2, -0.15) is 0 Å². The van der Waals surface area contributed by atoms with E-state index in [1.165, 1.54) is 0 Å². The lowest BCUT2D eigenvalue weighted by molar-refractivity contribution is -0.144. The maximum absolute atomic E-state index is 12.5. The van der Waals surface area contributed by atoms with Gasteiger partial charge >= 0.3 is 5.97 Å². The number of aryl methyl sites for hydroxylation is 1. The second kappa shape index (κ2) is 6.24. The molecule has 0 aromatic heterocycles. The lowest BCUT2D eigenvalue weighted by atomic mass is 9.87. The van der Waals surface area contributed by atoms with Crippen molar-refractivity contribution in [1.29, 1.82) is 0 Å². The first-order chi connectivity index (χ1) is 12.1. The van der Waals surface area contributed by atoms with Crippen molar-refractivity contribution in [3.63, 3.8) is 0 Å². The van der Waals surface area contributed by atoms with E-state index in [1.54, 1.807) is 18.2 Å². The Hall–Kier alpha value is -2.82. The van der Waals surface area contributed by atoms with Crippen LogP contribution >= 0.6 is 0 Å². The molecule has 0 unspecified atom stereocenters. The van der Waals surface area contributed by atoms with Crippen LogP contribution in [0.5, 0.6) is 17.2 Å². The predicted molar refractivity (Wildman–Crippen MR) is 90.4 cm³/mol. The van der Waals surface area contributed by atoms with E-state index in [9.17, 15) is 9.59 Å². The van der Waals surface area contributed by atoms with Crippen molar-refractivity contribution in [3.05, 3.63) is 53.1 Å². The first-order valence-corrected chi connectivity index (χ1v) is 8.39. The Balaban J connectivity index is 1.57. The Bertz CT molecular complexity index is 855. The molecule has 0 N–H and O–H groups in total. The standard InChI is InChI=1S/C20H18O5/c1-12-9-10-17(19-13(12)5-4-6-14(19)21)25-20(22)18-11-23-15-7-2-3-8-16(15)24-18/h2-3,7-10,18H,4-6,11H2,1H3/t18-/m0/s1. The van der Waals surface area contributed by atoms with Gasteiger partial charge in [-0.15, -0.1) is 0 Å². The third-order valence-electron chi connectivity index (χ3n) is 4.60. The largest absolute Gasteiger partial charge is 0.485 e. The van der Waals surface area contributed by atoms with Gasteiger partial charge in [0.25, 0.3) is 0 Å². The van der Waals surface area contributed by atoms with Crippen molar-refractivity contribution in [2.45, 2.75) is 32.3 Å². The van der Waals surface area contributed by atoms with Gasteiger partial charge in [0.05, 0.1) is 5.56 Å². The Morgan fingerprint density at radius 3 is 2.76 bits per heavy atom. The number of carbonyl (C=O) groups excluding carboxylic acids is 2. The van der Waals surface area contributed by atoms with Gasteiger partial charge in [0.1, 0.15) is 12.4 Å². The quantitative estimate of drug-likeness (QED) is 0.621. The van der Waals surface area contributed by atoms with Crippen LogP contribution in [0.1, 0.15) is 34.3 Å². The van der Waals surface area contributed by atoms with Gasteiger partial charge < -0.3 is 14.2 Å². The minimum absolute atomic E-state index is 0.0268. The van der Waals surface area contributed by atoms with Gasteiger partial charge in [0.15, 0.2) is 17.3 Å². The summed E-state index contributed by atoms with van der Waals surface area (Å²) >= 11 is 0. The van der Waals surface area contributed by atoms with Crippen LogP contribution in [0.25, 0.3) is 0 Å². The maximum atomic E-state index is 12.5. The molecule has 5 heteroatoms.